The lowest BCUT2D eigenvalue weighted by atomic mass is 9.98. The zero-order valence-corrected chi connectivity index (χ0v) is 13.5. The van der Waals surface area contributed by atoms with Crippen molar-refractivity contribution in [1.29, 1.82) is 0 Å². The third-order valence-electron chi connectivity index (χ3n) is 4.53. The Kier molecular flexibility index (Phi) is 3.31. The largest absolute Gasteiger partial charge is 0.346 e. The summed E-state index contributed by atoms with van der Waals surface area (Å²) in [5.41, 5.74) is 1.67. The molecule has 4 rings (SSSR count). The lowest BCUT2D eigenvalue weighted by molar-refractivity contribution is 0.473. The number of aromatic amines is 1. The van der Waals surface area contributed by atoms with E-state index >= 15 is 0 Å². The Morgan fingerprint density at radius 2 is 2.26 bits per heavy atom. The first-order valence-corrected chi connectivity index (χ1v) is 9.26. The van der Waals surface area contributed by atoms with Crippen molar-refractivity contribution in [2.75, 3.05) is 18.8 Å². The number of sulfonamides is 1. The van der Waals surface area contributed by atoms with Gasteiger partial charge in [-0.15, -0.1) is 0 Å². The van der Waals surface area contributed by atoms with E-state index in [2.05, 4.69) is 20.2 Å². The van der Waals surface area contributed by atoms with Gasteiger partial charge in [0.15, 0.2) is 0 Å². The maximum absolute atomic E-state index is 12.1. The van der Waals surface area contributed by atoms with Crippen molar-refractivity contribution in [3.63, 3.8) is 0 Å². The van der Waals surface area contributed by atoms with Crippen molar-refractivity contribution in [3.8, 4) is 0 Å². The second-order valence-electron chi connectivity index (χ2n) is 5.80. The maximum Gasteiger partial charge on any atom is 0.213 e. The van der Waals surface area contributed by atoms with Gasteiger partial charge < -0.3 is 4.98 Å². The average Bonchev–Trinajstić information content (AvgIpc) is 3.23. The van der Waals surface area contributed by atoms with Gasteiger partial charge in [-0.3, -0.25) is 0 Å². The van der Waals surface area contributed by atoms with E-state index in [9.17, 15) is 8.42 Å². The first kappa shape index (κ1) is 14.5. The summed E-state index contributed by atoms with van der Waals surface area (Å²) < 4.78 is 25.7. The fourth-order valence-corrected chi connectivity index (χ4v) is 4.44. The second kappa shape index (κ2) is 5.24. The minimum absolute atomic E-state index is 0.0630. The summed E-state index contributed by atoms with van der Waals surface area (Å²) in [6, 6.07) is 1.98. The Labute approximate surface area is 133 Å². The standard InChI is InChI=1S/C15H17N5O2S/c1-2-23(21,22)20-6-4-10(9-20)14-13-11(8-18-19-14)7-17-15-12(13)3-5-16-15/h3,5,7-8,10H,2,4,6,9H2,1H3,(H,16,17). The van der Waals surface area contributed by atoms with Gasteiger partial charge in [-0.05, 0) is 19.4 Å². The molecule has 7 nitrogen and oxygen atoms in total. The molecule has 1 aliphatic heterocycles. The highest BCUT2D eigenvalue weighted by Crippen LogP contribution is 2.34. The van der Waals surface area contributed by atoms with Crippen LogP contribution in [-0.2, 0) is 10.0 Å². The summed E-state index contributed by atoms with van der Waals surface area (Å²) in [5, 5.41) is 11.4. The first-order chi connectivity index (χ1) is 11.1. The third-order valence-corrected chi connectivity index (χ3v) is 6.38. The van der Waals surface area contributed by atoms with Gasteiger partial charge in [0, 0.05) is 47.6 Å². The molecule has 1 unspecified atom stereocenters. The van der Waals surface area contributed by atoms with Crippen LogP contribution in [0.25, 0.3) is 21.8 Å². The molecule has 0 spiro atoms. The zero-order valence-electron chi connectivity index (χ0n) is 12.7. The zero-order chi connectivity index (χ0) is 16.0. The molecule has 0 radical (unpaired) electrons. The molecule has 120 valence electrons. The quantitative estimate of drug-likeness (QED) is 0.788. The summed E-state index contributed by atoms with van der Waals surface area (Å²) in [6.07, 6.45) is 6.10. The Morgan fingerprint density at radius 3 is 3.09 bits per heavy atom. The molecular formula is C15H17N5O2S. The maximum atomic E-state index is 12.1. The summed E-state index contributed by atoms with van der Waals surface area (Å²) in [6.45, 7) is 2.69. The highest BCUT2D eigenvalue weighted by atomic mass is 32.2. The lowest BCUT2D eigenvalue weighted by Crippen LogP contribution is -2.30. The van der Waals surface area contributed by atoms with E-state index < -0.39 is 10.0 Å². The monoisotopic (exact) mass is 331 g/mol. The summed E-state index contributed by atoms with van der Waals surface area (Å²) in [7, 11) is -3.16. The van der Waals surface area contributed by atoms with Crippen LogP contribution in [0.15, 0.2) is 24.7 Å². The van der Waals surface area contributed by atoms with Crippen molar-refractivity contribution in [1.82, 2.24) is 24.5 Å². The van der Waals surface area contributed by atoms with E-state index in [0.717, 1.165) is 33.9 Å². The molecule has 0 aromatic carbocycles. The minimum atomic E-state index is -3.16. The molecule has 3 aromatic heterocycles. The van der Waals surface area contributed by atoms with Crippen LogP contribution in [0.3, 0.4) is 0 Å². The van der Waals surface area contributed by atoms with Crippen LogP contribution >= 0.6 is 0 Å². The highest BCUT2D eigenvalue weighted by Gasteiger charge is 2.33. The van der Waals surface area contributed by atoms with Crippen LogP contribution in [0.1, 0.15) is 25.0 Å². The Morgan fingerprint density at radius 1 is 1.39 bits per heavy atom. The van der Waals surface area contributed by atoms with Crippen LogP contribution in [0, 0.1) is 0 Å². The van der Waals surface area contributed by atoms with E-state index in [1.54, 1.807) is 23.6 Å². The van der Waals surface area contributed by atoms with Gasteiger partial charge >= 0.3 is 0 Å². The predicted octanol–water partition coefficient (Wildman–Crippen LogP) is 1.65. The molecule has 3 aromatic rings. The number of hydrogen-bond donors (Lipinski definition) is 1. The molecule has 4 heterocycles. The van der Waals surface area contributed by atoms with Crippen molar-refractivity contribution in [3.05, 3.63) is 30.4 Å². The number of pyridine rings is 1. The molecule has 1 atom stereocenters. The summed E-state index contributed by atoms with van der Waals surface area (Å²) in [5.74, 6) is 0.195. The van der Waals surface area contributed by atoms with Gasteiger partial charge in [0.25, 0.3) is 0 Å². The van der Waals surface area contributed by atoms with Gasteiger partial charge in [0.05, 0.1) is 17.6 Å². The molecule has 1 aliphatic rings. The van der Waals surface area contributed by atoms with E-state index in [1.807, 2.05) is 12.3 Å². The van der Waals surface area contributed by atoms with Crippen LogP contribution < -0.4 is 0 Å². The van der Waals surface area contributed by atoms with Gasteiger partial charge in [-0.1, -0.05) is 0 Å². The number of rotatable bonds is 3. The molecule has 0 aliphatic carbocycles. The van der Waals surface area contributed by atoms with Crippen LogP contribution in [0.4, 0.5) is 0 Å². The Bertz CT molecular complexity index is 982. The molecule has 8 heteroatoms. The van der Waals surface area contributed by atoms with Crippen molar-refractivity contribution < 1.29 is 8.42 Å². The molecule has 0 bridgehead atoms. The van der Waals surface area contributed by atoms with E-state index in [0.29, 0.717) is 13.1 Å². The predicted molar refractivity (Wildman–Crippen MR) is 87.6 cm³/mol. The molecular weight excluding hydrogens is 314 g/mol. The smallest absolute Gasteiger partial charge is 0.213 e. The molecule has 23 heavy (non-hydrogen) atoms. The third kappa shape index (κ3) is 2.29. The van der Waals surface area contributed by atoms with Crippen molar-refractivity contribution in [2.24, 2.45) is 0 Å². The molecule has 1 N–H and O–H groups in total. The minimum Gasteiger partial charge on any atom is -0.346 e. The topological polar surface area (TPSA) is 91.8 Å². The van der Waals surface area contributed by atoms with Gasteiger partial charge in [0.1, 0.15) is 5.65 Å². The number of hydrogen-bond acceptors (Lipinski definition) is 5. The van der Waals surface area contributed by atoms with Crippen LogP contribution in [-0.4, -0.2) is 51.7 Å². The number of H-pyrrole nitrogens is 1. The molecule has 1 saturated heterocycles. The van der Waals surface area contributed by atoms with Crippen LogP contribution in [0.5, 0.6) is 0 Å². The normalized spacial score (nSPS) is 19.8. The molecule has 1 fully saturated rings. The summed E-state index contributed by atoms with van der Waals surface area (Å²) >= 11 is 0. The fraction of sp³-hybridized carbons (Fsp3) is 0.400. The van der Waals surface area contributed by atoms with Gasteiger partial charge in [0.2, 0.25) is 10.0 Å². The van der Waals surface area contributed by atoms with Crippen molar-refractivity contribution >= 4 is 31.8 Å². The summed E-state index contributed by atoms with van der Waals surface area (Å²) in [4.78, 5) is 7.48. The lowest BCUT2D eigenvalue weighted by Gasteiger charge is -2.15. The van der Waals surface area contributed by atoms with E-state index in [4.69, 9.17) is 0 Å². The highest BCUT2D eigenvalue weighted by molar-refractivity contribution is 7.89. The number of nitrogens with one attached hydrogen (secondary N) is 1. The molecule has 0 saturated carbocycles. The van der Waals surface area contributed by atoms with E-state index in [-0.39, 0.29) is 11.7 Å². The number of aromatic nitrogens is 4. The van der Waals surface area contributed by atoms with Crippen molar-refractivity contribution in [2.45, 2.75) is 19.3 Å². The molecule has 0 amide bonds. The second-order valence-corrected chi connectivity index (χ2v) is 8.06. The van der Waals surface area contributed by atoms with Gasteiger partial charge in [-0.2, -0.15) is 10.2 Å². The number of nitrogens with zero attached hydrogens (tertiary/aromatic N) is 4. The SMILES string of the molecule is CCS(=O)(=O)N1CCC(c2nncc3cnc4[nH]ccc4c23)C1. The first-order valence-electron chi connectivity index (χ1n) is 7.65. The van der Waals surface area contributed by atoms with Crippen LogP contribution in [0.2, 0.25) is 0 Å². The Hall–Kier alpha value is -2.06. The fourth-order valence-electron chi connectivity index (χ4n) is 3.28. The van der Waals surface area contributed by atoms with Gasteiger partial charge in [-0.25, -0.2) is 17.7 Å². The number of fused-ring (bicyclic) bond motifs is 3. The van der Waals surface area contributed by atoms with E-state index in [1.165, 1.54) is 0 Å². The Balaban J connectivity index is 1.82. The average molecular weight is 331 g/mol.